The fraction of sp³-hybridized carbons (Fsp3) is 0.400. The van der Waals surface area contributed by atoms with Crippen LogP contribution in [-0.2, 0) is 4.79 Å². The predicted molar refractivity (Wildman–Crippen MR) is 90.1 cm³/mol. The number of carbonyl (C=O) groups excluding carboxylic acids is 1. The summed E-state index contributed by atoms with van der Waals surface area (Å²) >= 11 is 3.12. The Kier molecular flexibility index (Phi) is 4.63. The van der Waals surface area contributed by atoms with E-state index in [4.69, 9.17) is 0 Å². The number of thioether (sulfide) groups is 1. The van der Waals surface area contributed by atoms with Gasteiger partial charge in [-0.15, -0.1) is 28.1 Å². The van der Waals surface area contributed by atoms with Crippen LogP contribution >= 0.6 is 23.1 Å². The molecule has 22 heavy (non-hydrogen) atoms. The van der Waals surface area contributed by atoms with E-state index >= 15 is 0 Å². The molecule has 0 unspecified atom stereocenters. The van der Waals surface area contributed by atoms with E-state index in [1.165, 1.54) is 11.8 Å². The molecule has 1 fully saturated rings. The molecule has 0 spiro atoms. The van der Waals surface area contributed by atoms with Crippen molar-refractivity contribution in [3.8, 4) is 10.7 Å². The zero-order valence-corrected chi connectivity index (χ0v) is 14.0. The monoisotopic (exact) mass is 334 g/mol. The Balaban J connectivity index is 1.79. The van der Waals surface area contributed by atoms with Crippen molar-refractivity contribution in [3.63, 3.8) is 0 Å². The Labute approximate surface area is 137 Å². The summed E-state index contributed by atoms with van der Waals surface area (Å²) in [5, 5.41) is 14.1. The molecular formula is C15H18N4OS2. The van der Waals surface area contributed by atoms with Gasteiger partial charge in [0.05, 0.1) is 10.1 Å². The van der Waals surface area contributed by atoms with E-state index in [0.717, 1.165) is 28.7 Å². The Hall–Kier alpha value is -1.60. The molecule has 0 saturated heterocycles. The van der Waals surface area contributed by atoms with E-state index in [0.29, 0.717) is 12.6 Å². The minimum absolute atomic E-state index is 0.00656. The van der Waals surface area contributed by atoms with E-state index in [1.54, 1.807) is 17.4 Å². The van der Waals surface area contributed by atoms with Gasteiger partial charge in [0.15, 0.2) is 11.0 Å². The summed E-state index contributed by atoms with van der Waals surface area (Å²) in [4.78, 5) is 13.1. The smallest absolute Gasteiger partial charge is 0.233 e. The fourth-order valence-electron chi connectivity index (χ4n) is 2.12. The van der Waals surface area contributed by atoms with Crippen molar-refractivity contribution in [1.29, 1.82) is 0 Å². The van der Waals surface area contributed by atoms with Gasteiger partial charge < -0.3 is 5.32 Å². The largest absolute Gasteiger partial charge is 0.352 e. The van der Waals surface area contributed by atoms with Crippen LogP contribution in [0.25, 0.3) is 10.7 Å². The third kappa shape index (κ3) is 3.25. The molecule has 1 saturated carbocycles. The van der Waals surface area contributed by atoms with Gasteiger partial charge in [0.25, 0.3) is 0 Å². The van der Waals surface area contributed by atoms with Crippen LogP contribution in [0.15, 0.2) is 35.3 Å². The maximum atomic E-state index is 12.0. The molecule has 1 atom stereocenters. The number of nitrogens with one attached hydrogen (secondary N) is 1. The van der Waals surface area contributed by atoms with E-state index in [1.807, 2.05) is 18.4 Å². The van der Waals surface area contributed by atoms with Crippen LogP contribution in [0.1, 0.15) is 25.8 Å². The summed E-state index contributed by atoms with van der Waals surface area (Å²) < 4.78 is 2.19. The minimum atomic E-state index is -0.210. The lowest BCUT2D eigenvalue weighted by molar-refractivity contribution is -0.120. The molecule has 2 aromatic rings. The topological polar surface area (TPSA) is 59.8 Å². The average molecular weight is 334 g/mol. The number of hydrogen-bond acceptors (Lipinski definition) is 5. The van der Waals surface area contributed by atoms with Gasteiger partial charge in [-0.3, -0.25) is 9.36 Å². The van der Waals surface area contributed by atoms with Crippen LogP contribution in [-0.4, -0.2) is 32.5 Å². The number of hydrogen-bond donors (Lipinski definition) is 1. The molecule has 7 heteroatoms. The number of thiophene rings is 1. The normalized spacial score (nSPS) is 15.5. The number of nitrogens with zero attached hydrogens (tertiary/aromatic N) is 3. The van der Waals surface area contributed by atoms with Gasteiger partial charge in [0, 0.05) is 12.6 Å². The molecule has 0 bridgehead atoms. The van der Waals surface area contributed by atoms with Gasteiger partial charge in [-0.2, -0.15) is 0 Å². The van der Waals surface area contributed by atoms with Crippen molar-refractivity contribution in [2.24, 2.45) is 0 Å². The molecule has 1 amide bonds. The quantitative estimate of drug-likeness (QED) is 0.624. The molecule has 1 aliphatic carbocycles. The molecule has 5 nitrogen and oxygen atoms in total. The first-order valence-corrected chi connectivity index (χ1v) is 9.00. The SMILES string of the molecule is C=CCNC(=O)[C@H](C)Sc1nnc(-c2cccs2)n1C1CC1. The van der Waals surface area contributed by atoms with Crippen LogP contribution < -0.4 is 5.32 Å². The highest BCUT2D eigenvalue weighted by atomic mass is 32.2. The Morgan fingerprint density at radius 1 is 1.64 bits per heavy atom. The van der Waals surface area contributed by atoms with Crippen LogP contribution in [0.3, 0.4) is 0 Å². The van der Waals surface area contributed by atoms with Crippen molar-refractivity contribution in [3.05, 3.63) is 30.2 Å². The Morgan fingerprint density at radius 2 is 2.45 bits per heavy atom. The number of rotatable bonds is 7. The second kappa shape index (κ2) is 6.66. The van der Waals surface area contributed by atoms with Gasteiger partial charge in [-0.25, -0.2) is 0 Å². The Bertz CT molecular complexity index is 661. The molecule has 1 N–H and O–H groups in total. The summed E-state index contributed by atoms with van der Waals surface area (Å²) in [7, 11) is 0. The van der Waals surface area contributed by atoms with Crippen molar-refractivity contribution in [1.82, 2.24) is 20.1 Å². The van der Waals surface area contributed by atoms with E-state index in [-0.39, 0.29) is 11.2 Å². The molecule has 0 radical (unpaired) electrons. The molecule has 1 aliphatic rings. The summed E-state index contributed by atoms with van der Waals surface area (Å²) in [6, 6.07) is 4.55. The molecule has 3 rings (SSSR count). The Morgan fingerprint density at radius 3 is 3.09 bits per heavy atom. The lowest BCUT2D eigenvalue weighted by Gasteiger charge is -2.12. The van der Waals surface area contributed by atoms with E-state index in [2.05, 4.69) is 32.7 Å². The first kappa shape index (κ1) is 15.3. The van der Waals surface area contributed by atoms with Gasteiger partial charge in [-0.05, 0) is 31.2 Å². The molecule has 0 aliphatic heterocycles. The predicted octanol–water partition coefficient (Wildman–Crippen LogP) is 3.12. The third-order valence-corrected chi connectivity index (χ3v) is 5.31. The van der Waals surface area contributed by atoms with Crippen LogP contribution in [0.2, 0.25) is 0 Å². The average Bonchev–Trinajstić information content (AvgIpc) is 3.04. The highest BCUT2D eigenvalue weighted by Crippen LogP contribution is 2.42. The second-order valence-electron chi connectivity index (χ2n) is 5.18. The summed E-state index contributed by atoms with van der Waals surface area (Å²) in [6.45, 7) is 5.98. The maximum absolute atomic E-state index is 12.0. The minimum Gasteiger partial charge on any atom is -0.352 e. The van der Waals surface area contributed by atoms with Gasteiger partial charge in [0.2, 0.25) is 5.91 Å². The van der Waals surface area contributed by atoms with Crippen LogP contribution in [0.4, 0.5) is 0 Å². The lowest BCUT2D eigenvalue weighted by atomic mass is 10.4. The zero-order chi connectivity index (χ0) is 15.5. The summed E-state index contributed by atoms with van der Waals surface area (Å²) in [5.74, 6) is 0.909. The summed E-state index contributed by atoms with van der Waals surface area (Å²) in [6.07, 6.45) is 3.99. The van der Waals surface area contributed by atoms with Gasteiger partial charge in [0.1, 0.15) is 0 Å². The number of amides is 1. The molecular weight excluding hydrogens is 316 g/mol. The molecule has 0 aromatic carbocycles. The van der Waals surface area contributed by atoms with Gasteiger partial charge >= 0.3 is 0 Å². The highest BCUT2D eigenvalue weighted by molar-refractivity contribution is 8.00. The van der Waals surface area contributed by atoms with Crippen molar-refractivity contribution in [2.45, 2.75) is 36.2 Å². The first-order chi connectivity index (χ1) is 10.7. The first-order valence-electron chi connectivity index (χ1n) is 7.24. The zero-order valence-electron chi connectivity index (χ0n) is 12.4. The van der Waals surface area contributed by atoms with E-state index < -0.39 is 0 Å². The van der Waals surface area contributed by atoms with Crippen molar-refractivity contribution < 1.29 is 4.79 Å². The highest BCUT2D eigenvalue weighted by Gasteiger charge is 2.31. The fourth-order valence-corrected chi connectivity index (χ4v) is 3.77. The summed E-state index contributed by atoms with van der Waals surface area (Å²) in [5.41, 5.74) is 0. The molecule has 2 heterocycles. The maximum Gasteiger partial charge on any atom is 0.233 e. The van der Waals surface area contributed by atoms with Gasteiger partial charge in [-0.1, -0.05) is 23.9 Å². The molecule has 2 aromatic heterocycles. The second-order valence-corrected chi connectivity index (χ2v) is 7.43. The van der Waals surface area contributed by atoms with Crippen LogP contribution in [0.5, 0.6) is 0 Å². The number of aromatic nitrogens is 3. The standard InChI is InChI=1S/C15H18N4OS2/c1-3-8-16-14(20)10(2)22-15-18-17-13(12-5-4-9-21-12)19(15)11-6-7-11/h3-5,9-11H,1,6-8H2,2H3,(H,16,20)/t10-/m0/s1. The lowest BCUT2D eigenvalue weighted by Crippen LogP contribution is -2.31. The van der Waals surface area contributed by atoms with E-state index in [9.17, 15) is 4.79 Å². The van der Waals surface area contributed by atoms with Crippen LogP contribution in [0, 0.1) is 0 Å². The van der Waals surface area contributed by atoms with Crippen molar-refractivity contribution in [2.75, 3.05) is 6.54 Å². The van der Waals surface area contributed by atoms with Crippen molar-refractivity contribution >= 4 is 29.0 Å². The number of carbonyl (C=O) groups is 1. The molecule has 116 valence electrons. The third-order valence-electron chi connectivity index (χ3n) is 3.39.